The number of ether oxygens (including phenoxy) is 1. The van der Waals surface area contributed by atoms with Gasteiger partial charge in [-0.25, -0.2) is 19.1 Å². The van der Waals surface area contributed by atoms with Gasteiger partial charge in [-0.05, 0) is 59.9 Å². The zero-order valence-corrected chi connectivity index (χ0v) is 21.6. The molecule has 0 saturated carbocycles. The molecule has 2 heterocycles. The molecule has 0 radical (unpaired) electrons. The van der Waals surface area contributed by atoms with Crippen LogP contribution in [0.1, 0.15) is 35.7 Å². The SMILES string of the molecule is C[C@H](N(Cc1ccc(F)cc1)C(=O)CN1C(=O)O[C@@]2(CCc3cc(-c4ccnc(C#N)c4)ccc32)C1=O)C(F)(F)F. The number of imide groups is 1. The van der Waals surface area contributed by atoms with Crippen molar-refractivity contribution in [2.45, 2.75) is 44.1 Å². The number of hydrogen-bond acceptors (Lipinski definition) is 6. The van der Waals surface area contributed by atoms with Gasteiger partial charge >= 0.3 is 12.3 Å². The third-order valence-corrected chi connectivity index (χ3v) is 7.39. The summed E-state index contributed by atoms with van der Waals surface area (Å²) in [4.78, 5) is 44.6. The van der Waals surface area contributed by atoms with E-state index in [1.54, 1.807) is 24.3 Å². The number of nitriles is 1. The number of pyridine rings is 1. The van der Waals surface area contributed by atoms with Gasteiger partial charge in [0.1, 0.15) is 30.2 Å². The summed E-state index contributed by atoms with van der Waals surface area (Å²) < 4.78 is 59.8. The van der Waals surface area contributed by atoms with Gasteiger partial charge in [-0.2, -0.15) is 18.4 Å². The molecule has 41 heavy (non-hydrogen) atoms. The Labute approximate surface area is 231 Å². The largest absolute Gasteiger partial charge is 0.427 e. The molecule has 1 aliphatic heterocycles. The highest BCUT2D eigenvalue weighted by atomic mass is 19.4. The lowest BCUT2D eigenvalue weighted by Gasteiger charge is -2.31. The van der Waals surface area contributed by atoms with Gasteiger partial charge in [-0.15, -0.1) is 0 Å². The average Bonchev–Trinajstić information content (AvgIpc) is 3.43. The number of amides is 3. The highest BCUT2D eigenvalue weighted by molar-refractivity contribution is 6.06. The standard InChI is InChI=1S/C29H22F4N4O4/c1-17(29(31,32)33)36(15-18-2-5-22(30)6-3-18)25(38)16-37-26(39)28(41-27(37)40)10-8-21-12-19(4-7-24(21)28)20-9-11-35-23(13-20)14-34/h2-7,9,11-13,17H,8,10,15-16H2,1H3/t17-,28+/m0/s1. The number of hydrogen-bond donors (Lipinski definition) is 0. The van der Waals surface area contributed by atoms with Crippen molar-refractivity contribution in [1.29, 1.82) is 5.26 Å². The highest BCUT2D eigenvalue weighted by Crippen LogP contribution is 2.46. The number of carbonyl (C=O) groups is 3. The molecule has 1 aromatic heterocycles. The molecule has 0 unspecified atom stereocenters. The lowest BCUT2D eigenvalue weighted by molar-refractivity contribution is -0.187. The van der Waals surface area contributed by atoms with Crippen molar-refractivity contribution in [3.63, 3.8) is 0 Å². The van der Waals surface area contributed by atoms with E-state index in [0.717, 1.165) is 35.7 Å². The molecular formula is C29H22F4N4O4. The zero-order valence-electron chi connectivity index (χ0n) is 21.6. The van der Waals surface area contributed by atoms with Gasteiger partial charge in [0, 0.05) is 24.7 Å². The molecule has 12 heteroatoms. The third-order valence-electron chi connectivity index (χ3n) is 7.39. The van der Waals surface area contributed by atoms with Crippen molar-refractivity contribution in [1.82, 2.24) is 14.8 Å². The molecule has 3 aromatic rings. The quantitative estimate of drug-likeness (QED) is 0.395. The molecule has 2 atom stereocenters. The van der Waals surface area contributed by atoms with Gasteiger partial charge in [0.05, 0.1) is 0 Å². The summed E-state index contributed by atoms with van der Waals surface area (Å²) in [5, 5.41) is 9.13. The van der Waals surface area contributed by atoms with Crippen molar-refractivity contribution in [3.8, 4) is 17.2 Å². The van der Waals surface area contributed by atoms with E-state index in [1.807, 2.05) is 12.1 Å². The second-order valence-corrected chi connectivity index (χ2v) is 9.87. The summed E-state index contributed by atoms with van der Waals surface area (Å²) in [7, 11) is 0. The summed E-state index contributed by atoms with van der Waals surface area (Å²) in [6, 6.07) is 12.8. The fourth-order valence-electron chi connectivity index (χ4n) is 5.13. The monoisotopic (exact) mass is 566 g/mol. The number of aromatic nitrogens is 1. The number of aryl methyl sites for hydroxylation is 1. The van der Waals surface area contributed by atoms with Crippen LogP contribution in [0.2, 0.25) is 0 Å². The van der Waals surface area contributed by atoms with Crippen LogP contribution in [0.3, 0.4) is 0 Å². The first kappa shape index (κ1) is 27.8. The van der Waals surface area contributed by atoms with E-state index < -0.39 is 54.6 Å². The van der Waals surface area contributed by atoms with Crippen molar-refractivity contribution in [2.75, 3.05) is 6.54 Å². The van der Waals surface area contributed by atoms with Gasteiger partial charge < -0.3 is 9.64 Å². The van der Waals surface area contributed by atoms with Crippen molar-refractivity contribution in [3.05, 3.63) is 89.0 Å². The molecule has 3 amide bonds. The molecule has 1 spiro atoms. The normalized spacial score (nSPS) is 18.7. The first-order valence-corrected chi connectivity index (χ1v) is 12.6. The Morgan fingerprint density at radius 2 is 1.85 bits per heavy atom. The number of nitrogens with zero attached hydrogens (tertiary/aromatic N) is 4. The summed E-state index contributed by atoms with van der Waals surface area (Å²) >= 11 is 0. The maximum atomic E-state index is 13.7. The van der Waals surface area contributed by atoms with Crippen LogP contribution < -0.4 is 0 Å². The molecule has 8 nitrogen and oxygen atoms in total. The van der Waals surface area contributed by atoms with Crippen LogP contribution in [0.4, 0.5) is 22.4 Å². The van der Waals surface area contributed by atoms with E-state index in [1.165, 1.54) is 18.3 Å². The Morgan fingerprint density at radius 3 is 2.54 bits per heavy atom. The molecule has 2 aromatic carbocycles. The smallest absolute Gasteiger partial charge is 0.418 e. The number of rotatable bonds is 6. The van der Waals surface area contributed by atoms with Crippen LogP contribution >= 0.6 is 0 Å². The molecule has 2 aliphatic rings. The Balaban J connectivity index is 1.39. The van der Waals surface area contributed by atoms with Gasteiger partial charge in [-0.3, -0.25) is 9.59 Å². The first-order valence-electron chi connectivity index (χ1n) is 12.6. The second-order valence-electron chi connectivity index (χ2n) is 9.87. The van der Waals surface area contributed by atoms with Crippen LogP contribution in [-0.2, 0) is 32.9 Å². The first-order chi connectivity index (χ1) is 19.4. The molecule has 5 rings (SSSR count). The van der Waals surface area contributed by atoms with Crippen molar-refractivity contribution >= 4 is 17.9 Å². The third kappa shape index (κ3) is 5.11. The van der Waals surface area contributed by atoms with E-state index in [0.29, 0.717) is 21.8 Å². The number of halogens is 4. The van der Waals surface area contributed by atoms with Crippen LogP contribution in [0, 0.1) is 17.1 Å². The topological polar surface area (TPSA) is 104 Å². The predicted octanol–water partition coefficient (Wildman–Crippen LogP) is 4.86. The molecule has 1 aliphatic carbocycles. The fourth-order valence-corrected chi connectivity index (χ4v) is 5.13. The highest BCUT2D eigenvalue weighted by Gasteiger charge is 2.58. The van der Waals surface area contributed by atoms with E-state index in [9.17, 15) is 31.9 Å². The predicted molar refractivity (Wildman–Crippen MR) is 135 cm³/mol. The number of carbonyl (C=O) groups excluding carboxylic acids is 3. The summed E-state index contributed by atoms with van der Waals surface area (Å²) in [5.74, 6) is -2.55. The summed E-state index contributed by atoms with van der Waals surface area (Å²) in [6.45, 7) is -0.682. The molecule has 1 saturated heterocycles. The fraction of sp³-hybridized carbons (Fsp3) is 0.276. The minimum Gasteiger partial charge on any atom is -0.427 e. The van der Waals surface area contributed by atoms with E-state index in [2.05, 4.69) is 4.98 Å². The average molecular weight is 567 g/mol. The second kappa shape index (κ2) is 10.3. The number of alkyl halides is 3. The molecule has 0 bridgehead atoms. The van der Waals surface area contributed by atoms with E-state index in [4.69, 9.17) is 10.00 Å². The Kier molecular flexibility index (Phi) is 6.98. The van der Waals surface area contributed by atoms with Gasteiger partial charge in [0.15, 0.2) is 0 Å². The number of fused-ring (bicyclic) bond motifs is 2. The summed E-state index contributed by atoms with van der Waals surface area (Å²) in [6.07, 6.45) is -3.97. The Morgan fingerprint density at radius 1 is 1.15 bits per heavy atom. The Bertz CT molecular complexity index is 1580. The minimum atomic E-state index is -4.79. The maximum Gasteiger partial charge on any atom is 0.418 e. The van der Waals surface area contributed by atoms with Gasteiger partial charge in [0.2, 0.25) is 11.5 Å². The molecule has 1 fully saturated rings. The van der Waals surface area contributed by atoms with E-state index in [-0.39, 0.29) is 17.7 Å². The molecule has 210 valence electrons. The summed E-state index contributed by atoms with van der Waals surface area (Å²) in [5.41, 5.74) is 1.39. The molecule has 0 N–H and O–H groups in total. The minimum absolute atomic E-state index is 0.0963. The van der Waals surface area contributed by atoms with Gasteiger partial charge in [0.25, 0.3) is 5.91 Å². The van der Waals surface area contributed by atoms with E-state index >= 15 is 0 Å². The lowest BCUT2D eigenvalue weighted by atomic mass is 9.93. The van der Waals surface area contributed by atoms with Crippen LogP contribution in [0.25, 0.3) is 11.1 Å². The zero-order chi connectivity index (χ0) is 29.5. The maximum absolute atomic E-state index is 13.7. The van der Waals surface area contributed by atoms with Crippen LogP contribution in [0.5, 0.6) is 0 Å². The van der Waals surface area contributed by atoms with Crippen LogP contribution in [0.15, 0.2) is 60.8 Å². The number of benzene rings is 2. The lowest BCUT2D eigenvalue weighted by Crippen LogP contribution is -2.51. The van der Waals surface area contributed by atoms with Crippen molar-refractivity contribution in [2.24, 2.45) is 0 Å². The Hall–Kier alpha value is -4.79. The van der Waals surface area contributed by atoms with Crippen molar-refractivity contribution < 1.29 is 36.7 Å². The van der Waals surface area contributed by atoms with Gasteiger partial charge in [-0.1, -0.05) is 30.3 Å². The molecular weight excluding hydrogens is 544 g/mol. The van der Waals surface area contributed by atoms with Crippen LogP contribution in [-0.4, -0.2) is 51.5 Å².